The summed E-state index contributed by atoms with van der Waals surface area (Å²) in [6, 6.07) is 1.19. The van der Waals surface area contributed by atoms with Crippen molar-refractivity contribution in [3.63, 3.8) is 0 Å². The third kappa shape index (κ3) is 1.74. The van der Waals surface area contributed by atoms with Crippen molar-refractivity contribution in [2.75, 3.05) is 25.6 Å². The van der Waals surface area contributed by atoms with Gasteiger partial charge in [-0.3, -0.25) is 4.79 Å². The first-order valence-electron chi connectivity index (χ1n) is 4.17. The molecule has 6 nitrogen and oxygen atoms in total. The molecule has 15 heavy (non-hydrogen) atoms. The predicted molar refractivity (Wildman–Crippen MR) is 56.6 cm³/mol. The maximum absolute atomic E-state index is 11.6. The first kappa shape index (κ1) is 11.0. The third-order valence-electron chi connectivity index (χ3n) is 1.95. The maximum Gasteiger partial charge on any atom is 0.261 e. The fraction of sp³-hybridized carbons (Fsp3) is 0.222. The van der Waals surface area contributed by atoms with Gasteiger partial charge in [-0.15, -0.1) is 0 Å². The van der Waals surface area contributed by atoms with Crippen molar-refractivity contribution in [1.29, 1.82) is 0 Å². The molecule has 0 heterocycles. The van der Waals surface area contributed by atoms with Gasteiger partial charge in [-0.2, -0.15) is 0 Å². The first-order valence-corrected chi connectivity index (χ1v) is 4.17. The summed E-state index contributed by atoms with van der Waals surface area (Å²) in [7, 11) is 2.97. The van der Waals surface area contributed by atoms with Gasteiger partial charge >= 0.3 is 0 Å². The highest BCUT2D eigenvalue weighted by atomic mass is 16.3. The number of carbonyl (C=O) groups is 1. The van der Waals surface area contributed by atoms with E-state index in [0.29, 0.717) is 0 Å². The van der Waals surface area contributed by atoms with Crippen LogP contribution >= 0.6 is 0 Å². The molecule has 1 rings (SSSR count). The minimum atomic E-state index is -0.566. The molecule has 6 N–H and O–H groups in total. The zero-order chi connectivity index (χ0) is 11.7. The van der Waals surface area contributed by atoms with Crippen LogP contribution in [0.15, 0.2) is 6.07 Å². The van der Waals surface area contributed by atoms with E-state index in [-0.39, 0.29) is 16.9 Å². The van der Waals surface area contributed by atoms with Crippen molar-refractivity contribution in [2.45, 2.75) is 0 Å². The van der Waals surface area contributed by atoms with Gasteiger partial charge in [0, 0.05) is 14.1 Å². The Kier molecular flexibility index (Phi) is 2.61. The van der Waals surface area contributed by atoms with Crippen LogP contribution in [0.5, 0.6) is 11.5 Å². The van der Waals surface area contributed by atoms with Crippen LogP contribution in [-0.2, 0) is 0 Å². The molecule has 0 aliphatic heterocycles. The summed E-state index contributed by atoms with van der Waals surface area (Å²) in [5, 5.41) is 19.1. The summed E-state index contributed by atoms with van der Waals surface area (Å²) in [5.74, 6) is -1.48. The SMILES string of the molecule is CN(C)C(=O)c1c(O)c(N)cc(N)c1O. The van der Waals surface area contributed by atoms with Crippen molar-refractivity contribution < 1.29 is 15.0 Å². The number of rotatable bonds is 1. The number of hydrogen-bond donors (Lipinski definition) is 4. The van der Waals surface area contributed by atoms with Gasteiger partial charge < -0.3 is 26.6 Å². The minimum Gasteiger partial charge on any atom is -0.505 e. The van der Waals surface area contributed by atoms with Gasteiger partial charge in [0.2, 0.25) is 0 Å². The molecular weight excluding hydrogens is 198 g/mol. The van der Waals surface area contributed by atoms with Crippen molar-refractivity contribution in [1.82, 2.24) is 4.90 Å². The van der Waals surface area contributed by atoms with E-state index in [1.54, 1.807) is 0 Å². The summed E-state index contributed by atoms with van der Waals surface area (Å²) in [6.45, 7) is 0. The highest BCUT2D eigenvalue weighted by Crippen LogP contribution is 2.37. The van der Waals surface area contributed by atoms with Gasteiger partial charge in [0.1, 0.15) is 5.56 Å². The minimum absolute atomic E-state index is 0.0458. The second kappa shape index (κ2) is 3.56. The Morgan fingerprint density at radius 1 is 1.20 bits per heavy atom. The number of phenolic OH excluding ortho intramolecular Hbond substituents is 2. The zero-order valence-corrected chi connectivity index (χ0v) is 8.48. The maximum atomic E-state index is 11.6. The number of carbonyl (C=O) groups excluding carboxylic acids is 1. The largest absolute Gasteiger partial charge is 0.505 e. The Morgan fingerprint density at radius 2 is 1.60 bits per heavy atom. The van der Waals surface area contributed by atoms with Crippen molar-refractivity contribution in [2.24, 2.45) is 0 Å². The van der Waals surface area contributed by atoms with Crippen LogP contribution in [0.25, 0.3) is 0 Å². The van der Waals surface area contributed by atoms with Gasteiger partial charge in [-0.1, -0.05) is 0 Å². The van der Waals surface area contributed by atoms with Crippen LogP contribution in [0.4, 0.5) is 11.4 Å². The van der Waals surface area contributed by atoms with Crippen LogP contribution in [-0.4, -0.2) is 35.1 Å². The van der Waals surface area contributed by atoms with E-state index in [1.165, 1.54) is 25.1 Å². The number of hydrogen-bond acceptors (Lipinski definition) is 5. The predicted octanol–water partition coefficient (Wildman–Crippen LogP) is -0.0360. The van der Waals surface area contributed by atoms with Gasteiger partial charge in [0.15, 0.2) is 11.5 Å². The van der Waals surface area contributed by atoms with Gasteiger partial charge in [-0.25, -0.2) is 0 Å². The van der Waals surface area contributed by atoms with E-state index >= 15 is 0 Å². The van der Waals surface area contributed by atoms with Crippen LogP contribution in [0, 0.1) is 0 Å². The molecule has 0 saturated carbocycles. The lowest BCUT2D eigenvalue weighted by molar-refractivity contribution is 0.0821. The molecule has 1 aromatic rings. The average molecular weight is 211 g/mol. The number of amides is 1. The summed E-state index contributed by atoms with van der Waals surface area (Å²) >= 11 is 0. The summed E-state index contributed by atoms with van der Waals surface area (Å²) in [5.41, 5.74) is 10.5. The standard InChI is InChI=1S/C9H13N3O3/c1-12(2)9(15)6-7(13)4(10)3-5(11)8(6)14/h3,13-14H,10-11H2,1-2H3. The number of benzene rings is 1. The first-order chi connectivity index (χ1) is 6.86. The van der Waals surface area contributed by atoms with Crippen LogP contribution in [0.3, 0.4) is 0 Å². The monoisotopic (exact) mass is 211 g/mol. The van der Waals surface area contributed by atoms with E-state index in [0.717, 1.165) is 0 Å². The second-order valence-electron chi connectivity index (χ2n) is 3.33. The van der Waals surface area contributed by atoms with Crippen molar-refractivity contribution in [3.8, 4) is 11.5 Å². The normalized spacial score (nSPS) is 10.0. The van der Waals surface area contributed by atoms with Crippen LogP contribution in [0.1, 0.15) is 10.4 Å². The molecule has 82 valence electrons. The van der Waals surface area contributed by atoms with E-state index in [1.807, 2.05) is 0 Å². The number of aromatic hydroxyl groups is 2. The van der Waals surface area contributed by atoms with E-state index in [2.05, 4.69) is 0 Å². The van der Waals surface area contributed by atoms with E-state index < -0.39 is 17.4 Å². The molecule has 1 aromatic carbocycles. The van der Waals surface area contributed by atoms with Crippen LogP contribution in [0.2, 0.25) is 0 Å². The highest BCUT2D eigenvalue weighted by molar-refractivity contribution is 6.02. The molecule has 0 spiro atoms. The molecule has 0 aliphatic rings. The highest BCUT2D eigenvalue weighted by Gasteiger charge is 2.22. The number of phenols is 2. The fourth-order valence-electron chi connectivity index (χ4n) is 1.13. The Bertz CT molecular complexity index is 389. The molecule has 0 saturated heterocycles. The lowest BCUT2D eigenvalue weighted by atomic mass is 10.1. The molecule has 0 fully saturated rings. The summed E-state index contributed by atoms with van der Waals surface area (Å²) in [6.07, 6.45) is 0. The zero-order valence-electron chi connectivity index (χ0n) is 8.48. The molecular formula is C9H13N3O3. The Labute approximate surface area is 86.7 Å². The van der Waals surface area contributed by atoms with E-state index in [9.17, 15) is 15.0 Å². The molecule has 6 heteroatoms. The molecule has 0 aliphatic carbocycles. The Hall–Kier alpha value is -2.11. The molecule has 1 amide bonds. The van der Waals surface area contributed by atoms with Gasteiger partial charge in [-0.05, 0) is 6.07 Å². The Morgan fingerprint density at radius 3 is 1.93 bits per heavy atom. The average Bonchev–Trinajstić information content (AvgIpc) is 2.15. The molecule has 0 atom stereocenters. The summed E-state index contributed by atoms with van der Waals surface area (Å²) in [4.78, 5) is 12.8. The lowest BCUT2D eigenvalue weighted by Gasteiger charge is -2.15. The molecule has 0 unspecified atom stereocenters. The van der Waals surface area contributed by atoms with Gasteiger partial charge in [0.25, 0.3) is 5.91 Å². The van der Waals surface area contributed by atoms with E-state index in [4.69, 9.17) is 11.5 Å². The molecule has 0 bridgehead atoms. The molecule has 0 aromatic heterocycles. The van der Waals surface area contributed by atoms with Crippen LogP contribution < -0.4 is 11.5 Å². The second-order valence-corrected chi connectivity index (χ2v) is 3.33. The number of nitrogens with zero attached hydrogens (tertiary/aromatic N) is 1. The van der Waals surface area contributed by atoms with Gasteiger partial charge in [0.05, 0.1) is 11.4 Å². The smallest absolute Gasteiger partial charge is 0.261 e. The number of nitrogen functional groups attached to an aromatic ring is 2. The third-order valence-corrected chi connectivity index (χ3v) is 1.95. The number of nitrogens with two attached hydrogens (primary N) is 2. The lowest BCUT2D eigenvalue weighted by Crippen LogP contribution is -2.22. The van der Waals surface area contributed by atoms with Crippen molar-refractivity contribution in [3.05, 3.63) is 11.6 Å². The fourth-order valence-corrected chi connectivity index (χ4v) is 1.13. The van der Waals surface area contributed by atoms with Crippen molar-refractivity contribution >= 4 is 17.3 Å². The Balaban J connectivity index is 3.46. The topological polar surface area (TPSA) is 113 Å². The molecule has 0 radical (unpaired) electrons. The quantitative estimate of drug-likeness (QED) is 0.296. The number of anilines is 2. The summed E-state index contributed by atoms with van der Waals surface area (Å²) < 4.78 is 0.